The zero-order chi connectivity index (χ0) is 14.8. The number of alkyl halides is 4. The van der Waals surface area contributed by atoms with Crippen LogP contribution >= 0.6 is 0 Å². The van der Waals surface area contributed by atoms with Gasteiger partial charge in [0.1, 0.15) is 11.3 Å². The summed E-state index contributed by atoms with van der Waals surface area (Å²) in [5.41, 5.74) is -5.21. The van der Waals surface area contributed by atoms with Gasteiger partial charge in [0.2, 0.25) is 0 Å². The molecule has 4 unspecified atom stereocenters. The molecule has 0 aliphatic heterocycles. The van der Waals surface area contributed by atoms with E-state index in [4.69, 9.17) is 4.74 Å². The van der Waals surface area contributed by atoms with Crippen LogP contribution in [0.3, 0.4) is 0 Å². The van der Waals surface area contributed by atoms with Crippen LogP contribution in [-0.2, 0) is 9.53 Å². The number of carbonyl (C=O) groups is 1. The van der Waals surface area contributed by atoms with E-state index in [1.165, 1.54) is 0 Å². The molecular weight excluding hydrogens is 276 g/mol. The highest BCUT2D eigenvalue weighted by atomic mass is 19.4. The van der Waals surface area contributed by atoms with Crippen molar-refractivity contribution < 1.29 is 27.1 Å². The lowest BCUT2D eigenvalue weighted by Gasteiger charge is -2.63. The monoisotopic (exact) mass is 292 g/mol. The van der Waals surface area contributed by atoms with Crippen molar-refractivity contribution in [1.82, 2.24) is 0 Å². The largest absolute Gasteiger partial charge is 0.456 e. The highest BCUT2D eigenvalue weighted by Gasteiger charge is 2.72. The molecular formula is C14H16F4O2. The molecule has 4 aliphatic carbocycles. The fourth-order valence-corrected chi connectivity index (χ4v) is 4.92. The lowest BCUT2D eigenvalue weighted by molar-refractivity contribution is -0.315. The number of carbonyl (C=O) groups excluding carboxylic acids is 1. The van der Waals surface area contributed by atoms with E-state index < -0.39 is 35.3 Å². The number of hydrogen-bond acceptors (Lipinski definition) is 2. The maximum atomic E-state index is 14.7. The summed E-state index contributed by atoms with van der Waals surface area (Å²) in [5, 5.41) is 0. The van der Waals surface area contributed by atoms with Crippen molar-refractivity contribution >= 4 is 5.97 Å². The van der Waals surface area contributed by atoms with Crippen molar-refractivity contribution in [2.75, 3.05) is 0 Å². The highest BCUT2D eigenvalue weighted by molar-refractivity contribution is 5.81. The summed E-state index contributed by atoms with van der Waals surface area (Å²) in [5.74, 6) is -1.14. The van der Waals surface area contributed by atoms with Gasteiger partial charge in [-0.2, -0.15) is 13.2 Å². The van der Waals surface area contributed by atoms with E-state index in [0.29, 0.717) is 6.42 Å². The van der Waals surface area contributed by atoms with Crippen molar-refractivity contribution in [3.63, 3.8) is 0 Å². The van der Waals surface area contributed by atoms with Gasteiger partial charge >= 0.3 is 12.1 Å². The fraction of sp³-hybridized carbons (Fsp3) is 0.786. The first kappa shape index (κ1) is 13.9. The van der Waals surface area contributed by atoms with Crippen molar-refractivity contribution in [3.8, 4) is 0 Å². The van der Waals surface area contributed by atoms with E-state index in [9.17, 15) is 22.4 Å². The molecule has 112 valence electrons. The molecule has 0 spiro atoms. The van der Waals surface area contributed by atoms with E-state index in [1.54, 1.807) is 0 Å². The molecule has 0 heterocycles. The van der Waals surface area contributed by atoms with Gasteiger partial charge in [-0.1, -0.05) is 6.58 Å². The van der Waals surface area contributed by atoms with E-state index in [-0.39, 0.29) is 31.6 Å². The molecule has 0 aromatic rings. The SMILES string of the molecule is C=CC(=O)OC12CC3CC(F)(C1)CC(C(F)(F)F)(C3)C2. The third kappa shape index (κ3) is 1.87. The molecule has 0 amide bonds. The zero-order valence-electron chi connectivity index (χ0n) is 10.9. The Morgan fingerprint density at radius 3 is 2.45 bits per heavy atom. The van der Waals surface area contributed by atoms with Crippen LogP contribution in [0.4, 0.5) is 17.6 Å². The first-order valence-corrected chi connectivity index (χ1v) is 6.72. The minimum atomic E-state index is -4.46. The molecule has 0 radical (unpaired) electrons. The van der Waals surface area contributed by atoms with Crippen molar-refractivity contribution in [2.24, 2.45) is 11.3 Å². The Bertz CT molecular complexity index is 474. The van der Waals surface area contributed by atoms with Gasteiger partial charge in [0, 0.05) is 18.9 Å². The third-order valence-electron chi connectivity index (χ3n) is 5.03. The normalized spacial score (nSPS) is 46.3. The van der Waals surface area contributed by atoms with E-state index >= 15 is 0 Å². The summed E-state index contributed by atoms with van der Waals surface area (Å²) in [6.45, 7) is 3.25. The first-order chi connectivity index (χ1) is 9.11. The predicted molar refractivity (Wildman–Crippen MR) is 62.5 cm³/mol. The van der Waals surface area contributed by atoms with Gasteiger partial charge in [-0.25, -0.2) is 9.18 Å². The second-order valence-corrected chi connectivity index (χ2v) is 6.75. The Morgan fingerprint density at radius 1 is 1.20 bits per heavy atom. The summed E-state index contributed by atoms with van der Waals surface area (Å²) in [7, 11) is 0. The van der Waals surface area contributed by atoms with Gasteiger partial charge in [-0.15, -0.1) is 0 Å². The van der Waals surface area contributed by atoms with Crippen molar-refractivity contribution in [3.05, 3.63) is 12.7 Å². The first-order valence-electron chi connectivity index (χ1n) is 6.72. The quantitative estimate of drug-likeness (QED) is 0.440. The molecule has 20 heavy (non-hydrogen) atoms. The summed E-state index contributed by atoms with van der Waals surface area (Å²) < 4.78 is 60.2. The Kier molecular flexibility index (Phi) is 2.62. The van der Waals surface area contributed by atoms with Crippen LogP contribution in [0.5, 0.6) is 0 Å². The maximum absolute atomic E-state index is 14.7. The lowest BCUT2D eigenvalue weighted by Crippen LogP contribution is -2.66. The molecule has 0 saturated heterocycles. The van der Waals surface area contributed by atoms with Gasteiger partial charge in [0.15, 0.2) is 0 Å². The van der Waals surface area contributed by atoms with Gasteiger partial charge in [0.25, 0.3) is 0 Å². The van der Waals surface area contributed by atoms with E-state index in [2.05, 4.69) is 6.58 Å². The fourth-order valence-electron chi connectivity index (χ4n) is 4.92. The van der Waals surface area contributed by atoms with Gasteiger partial charge in [-0.05, 0) is 31.6 Å². The Morgan fingerprint density at radius 2 is 1.90 bits per heavy atom. The highest BCUT2D eigenvalue weighted by Crippen LogP contribution is 2.69. The van der Waals surface area contributed by atoms with Crippen LogP contribution in [-0.4, -0.2) is 23.4 Å². The number of hydrogen-bond donors (Lipinski definition) is 0. The molecule has 4 saturated carbocycles. The smallest absolute Gasteiger partial charge is 0.394 e. The Labute approximate surface area is 114 Å². The third-order valence-corrected chi connectivity index (χ3v) is 5.03. The molecule has 0 aromatic heterocycles. The van der Waals surface area contributed by atoms with Crippen LogP contribution in [0, 0.1) is 11.3 Å². The van der Waals surface area contributed by atoms with Gasteiger partial charge in [0.05, 0.1) is 5.41 Å². The van der Waals surface area contributed by atoms with Gasteiger partial charge in [-0.3, -0.25) is 0 Å². The summed E-state index contributed by atoms with van der Waals surface area (Å²) in [6.07, 6.45) is -4.03. The minimum Gasteiger partial charge on any atom is -0.456 e. The summed E-state index contributed by atoms with van der Waals surface area (Å²) >= 11 is 0. The standard InChI is InChI=1S/C14H16F4O2/c1-2-10(19)20-13-5-9-3-11(7-13,14(16,17)18)6-12(15,4-9)8-13/h2,9H,1,3-8H2. The lowest BCUT2D eigenvalue weighted by atomic mass is 9.46. The molecule has 4 fully saturated rings. The number of rotatable bonds is 2. The molecule has 4 atom stereocenters. The predicted octanol–water partition coefficient (Wildman–Crippen LogP) is 3.71. The molecule has 4 aliphatic rings. The van der Waals surface area contributed by atoms with Crippen LogP contribution in [0.1, 0.15) is 38.5 Å². The van der Waals surface area contributed by atoms with Crippen molar-refractivity contribution in [1.29, 1.82) is 0 Å². The maximum Gasteiger partial charge on any atom is 0.394 e. The number of halogens is 4. The summed E-state index contributed by atoms with van der Waals surface area (Å²) in [6, 6.07) is 0. The molecule has 0 N–H and O–H groups in total. The molecule has 4 rings (SSSR count). The number of esters is 1. The number of ether oxygens (including phenoxy) is 1. The molecule has 6 heteroatoms. The molecule has 4 bridgehead atoms. The average Bonchev–Trinajstić information content (AvgIpc) is 2.23. The second kappa shape index (κ2) is 3.77. The minimum absolute atomic E-state index is 0.0461. The average molecular weight is 292 g/mol. The van der Waals surface area contributed by atoms with Gasteiger partial charge < -0.3 is 4.74 Å². The van der Waals surface area contributed by atoms with Crippen LogP contribution in [0.15, 0.2) is 12.7 Å². The Balaban J connectivity index is 1.99. The van der Waals surface area contributed by atoms with Crippen LogP contribution < -0.4 is 0 Å². The molecule has 2 nitrogen and oxygen atoms in total. The second-order valence-electron chi connectivity index (χ2n) is 6.75. The van der Waals surface area contributed by atoms with E-state index in [1.807, 2.05) is 0 Å². The topological polar surface area (TPSA) is 26.3 Å². The summed E-state index contributed by atoms with van der Waals surface area (Å²) in [4.78, 5) is 11.4. The Hall–Kier alpha value is -1.07. The van der Waals surface area contributed by atoms with Crippen LogP contribution in [0.25, 0.3) is 0 Å². The zero-order valence-corrected chi connectivity index (χ0v) is 10.9. The van der Waals surface area contributed by atoms with E-state index in [0.717, 1.165) is 6.08 Å². The van der Waals surface area contributed by atoms with Crippen LogP contribution in [0.2, 0.25) is 0 Å². The molecule has 0 aromatic carbocycles. The van der Waals surface area contributed by atoms with Crippen molar-refractivity contribution in [2.45, 2.75) is 56.0 Å².